The first-order chi connectivity index (χ1) is 10.5. The monoisotopic (exact) mass is 297 g/mol. The number of aryl methyl sites for hydroxylation is 1. The fraction of sp³-hybridized carbons (Fsp3) is 0.222. The molecule has 114 valence electrons. The topological polar surface area (TPSA) is 59.4 Å². The van der Waals surface area contributed by atoms with Gasteiger partial charge in [0.15, 0.2) is 0 Å². The number of ether oxygens (including phenoxy) is 1. The molecule has 1 aromatic carbocycles. The van der Waals surface area contributed by atoms with Crippen molar-refractivity contribution in [1.29, 1.82) is 0 Å². The van der Waals surface area contributed by atoms with Crippen molar-refractivity contribution in [1.82, 2.24) is 4.98 Å². The molecule has 2 aromatic rings. The van der Waals surface area contributed by atoms with E-state index in [4.69, 9.17) is 9.84 Å². The van der Waals surface area contributed by atoms with Gasteiger partial charge in [-0.15, -0.1) is 0 Å². The van der Waals surface area contributed by atoms with Gasteiger partial charge < -0.3 is 9.84 Å². The zero-order valence-corrected chi connectivity index (χ0v) is 12.9. The van der Waals surface area contributed by atoms with Crippen molar-refractivity contribution in [2.45, 2.75) is 26.9 Å². The van der Waals surface area contributed by atoms with Crippen molar-refractivity contribution >= 4 is 12.0 Å². The molecule has 0 aliphatic heterocycles. The van der Waals surface area contributed by atoms with Gasteiger partial charge in [0.25, 0.3) is 0 Å². The first-order valence-electron chi connectivity index (χ1n) is 7.11. The van der Waals surface area contributed by atoms with E-state index in [1.807, 2.05) is 57.2 Å². The molecule has 0 aliphatic rings. The van der Waals surface area contributed by atoms with Crippen LogP contribution in [0.3, 0.4) is 0 Å². The first-order valence-corrected chi connectivity index (χ1v) is 7.11. The number of hydrogen-bond donors (Lipinski definition) is 1. The normalized spacial score (nSPS) is 11.1. The van der Waals surface area contributed by atoms with E-state index < -0.39 is 5.97 Å². The Kier molecular flexibility index (Phi) is 4.94. The SMILES string of the molecule is Cc1nc(-c2ccc(OC(C)C)cc2)ccc1/C=C/C(=O)O. The van der Waals surface area contributed by atoms with E-state index in [-0.39, 0.29) is 6.10 Å². The van der Waals surface area contributed by atoms with Gasteiger partial charge in [0.05, 0.1) is 11.8 Å². The van der Waals surface area contributed by atoms with Gasteiger partial charge in [-0.1, -0.05) is 6.07 Å². The lowest BCUT2D eigenvalue weighted by Crippen LogP contribution is -2.05. The van der Waals surface area contributed by atoms with Crippen molar-refractivity contribution in [3.8, 4) is 17.0 Å². The maximum Gasteiger partial charge on any atom is 0.328 e. The molecule has 22 heavy (non-hydrogen) atoms. The summed E-state index contributed by atoms with van der Waals surface area (Å²) in [5.41, 5.74) is 3.43. The van der Waals surface area contributed by atoms with Crippen molar-refractivity contribution in [2.75, 3.05) is 0 Å². The molecule has 1 aromatic heterocycles. The molecule has 4 heteroatoms. The van der Waals surface area contributed by atoms with Crippen LogP contribution in [-0.4, -0.2) is 22.2 Å². The van der Waals surface area contributed by atoms with Crippen LogP contribution in [-0.2, 0) is 4.79 Å². The second kappa shape index (κ2) is 6.89. The third-order valence-electron chi connectivity index (χ3n) is 3.05. The predicted molar refractivity (Wildman–Crippen MR) is 86.8 cm³/mol. The van der Waals surface area contributed by atoms with Gasteiger partial charge in [-0.2, -0.15) is 0 Å². The standard InChI is InChI=1S/C18H19NO3/c1-12(2)22-16-8-4-15(5-9-16)17-10-6-14(13(3)19-17)7-11-18(20)21/h4-12H,1-3H3,(H,20,21)/b11-7+. The van der Waals surface area contributed by atoms with E-state index in [0.717, 1.165) is 34.3 Å². The van der Waals surface area contributed by atoms with Crippen LogP contribution in [0.2, 0.25) is 0 Å². The molecule has 0 fully saturated rings. The number of nitrogens with zero attached hydrogens (tertiary/aromatic N) is 1. The lowest BCUT2D eigenvalue weighted by molar-refractivity contribution is -0.131. The first kappa shape index (κ1) is 15.8. The Labute approximate surface area is 130 Å². The Morgan fingerprint density at radius 2 is 1.86 bits per heavy atom. The average Bonchev–Trinajstić information content (AvgIpc) is 2.46. The van der Waals surface area contributed by atoms with Gasteiger partial charge in [-0.25, -0.2) is 4.79 Å². The van der Waals surface area contributed by atoms with Crippen LogP contribution >= 0.6 is 0 Å². The van der Waals surface area contributed by atoms with Crippen LogP contribution in [0.1, 0.15) is 25.1 Å². The molecule has 4 nitrogen and oxygen atoms in total. The van der Waals surface area contributed by atoms with Crippen molar-refractivity contribution < 1.29 is 14.6 Å². The van der Waals surface area contributed by atoms with E-state index in [1.54, 1.807) is 6.08 Å². The Bertz CT molecular complexity index is 688. The molecule has 0 spiro atoms. The van der Waals surface area contributed by atoms with Gasteiger partial charge in [0, 0.05) is 17.3 Å². The Morgan fingerprint density at radius 1 is 1.18 bits per heavy atom. The van der Waals surface area contributed by atoms with E-state index in [2.05, 4.69) is 4.98 Å². The Morgan fingerprint density at radius 3 is 2.41 bits per heavy atom. The second-order valence-corrected chi connectivity index (χ2v) is 5.23. The minimum atomic E-state index is -0.968. The summed E-state index contributed by atoms with van der Waals surface area (Å²) in [4.78, 5) is 15.1. The summed E-state index contributed by atoms with van der Waals surface area (Å²) in [5, 5.41) is 8.67. The molecule has 0 amide bonds. The lowest BCUT2D eigenvalue weighted by Gasteiger charge is -2.10. The highest BCUT2D eigenvalue weighted by molar-refractivity contribution is 5.85. The number of benzene rings is 1. The Hall–Kier alpha value is -2.62. The summed E-state index contributed by atoms with van der Waals surface area (Å²) in [5.74, 6) is -0.138. The van der Waals surface area contributed by atoms with E-state index in [0.29, 0.717) is 0 Å². The van der Waals surface area contributed by atoms with Gasteiger partial charge in [0.2, 0.25) is 0 Å². The number of hydrogen-bond acceptors (Lipinski definition) is 3. The molecule has 0 bridgehead atoms. The number of aliphatic carboxylic acids is 1. The van der Waals surface area contributed by atoms with E-state index in [1.165, 1.54) is 0 Å². The summed E-state index contributed by atoms with van der Waals surface area (Å²) in [6, 6.07) is 11.5. The summed E-state index contributed by atoms with van der Waals surface area (Å²) < 4.78 is 5.62. The van der Waals surface area contributed by atoms with Crippen molar-refractivity contribution in [3.05, 3.63) is 53.7 Å². The minimum absolute atomic E-state index is 0.145. The van der Waals surface area contributed by atoms with Crippen LogP contribution in [0.25, 0.3) is 17.3 Å². The highest BCUT2D eigenvalue weighted by atomic mass is 16.5. The fourth-order valence-electron chi connectivity index (χ4n) is 2.05. The van der Waals surface area contributed by atoms with Crippen molar-refractivity contribution in [3.63, 3.8) is 0 Å². The minimum Gasteiger partial charge on any atom is -0.491 e. The van der Waals surface area contributed by atoms with Gasteiger partial charge >= 0.3 is 5.97 Å². The molecule has 0 atom stereocenters. The molecule has 0 saturated heterocycles. The van der Waals surface area contributed by atoms with E-state index >= 15 is 0 Å². The van der Waals surface area contributed by atoms with Gasteiger partial charge in [-0.05, 0) is 62.7 Å². The number of rotatable bonds is 5. The smallest absolute Gasteiger partial charge is 0.328 e. The third-order valence-corrected chi connectivity index (χ3v) is 3.05. The molecule has 0 aliphatic carbocycles. The molecule has 1 heterocycles. The lowest BCUT2D eigenvalue weighted by atomic mass is 10.1. The van der Waals surface area contributed by atoms with Crippen LogP contribution < -0.4 is 4.74 Å². The van der Waals surface area contributed by atoms with Crippen LogP contribution in [0.15, 0.2) is 42.5 Å². The summed E-state index contributed by atoms with van der Waals surface area (Å²) in [6.07, 6.45) is 2.81. The van der Waals surface area contributed by atoms with Gasteiger partial charge in [-0.3, -0.25) is 4.98 Å². The summed E-state index contributed by atoms with van der Waals surface area (Å²) >= 11 is 0. The number of aromatic nitrogens is 1. The number of carbonyl (C=O) groups is 1. The van der Waals surface area contributed by atoms with Crippen molar-refractivity contribution in [2.24, 2.45) is 0 Å². The molecular formula is C18H19NO3. The van der Waals surface area contributed by atoms with Crippen LogP contribution in [0.4, 0.5) is 0 Å². The molecule has 0 radical (unpaired) electrons. The second-order valence-electron chi connectivity index (χ2n) is 5.23. The average molecular weight is 297 g/mol. The fourth-order valence-corrected chi connectivity index (χ4v) is 2.05. The van der Waals surface area contributed by atoms with E-state index in [9.17, 15) is 4.79 Å². The largest absolute Gasteiger partial charge is 0.491 e. The zero-order chi connectivity index (χ0) is 16.1. The maximum absolute atomic E-state index is 10.6. The zero-order valence-electron chi connectivity index (χ0n) is 12.9. The molecule has 2 rings (SSSR count). The van der Waals surface area contributed by atoms with Crippen LogP contribution in [0, 0.1) is 6.92 Å². The highest BCUT2D eigenvalue weighted by Crippen LogP contribution is 2.23. The predicted octanol–water partition coefficient (Wildman–Crippen LogP) is 3.94. The van der Waals surface area contributed by atoms with Gasteiger partial charge in [0.1, 0.15) is 5.75 Å². The maximum atomic E-state index is 10.6. The molecule has 0 unspecified atom stereocenters. The third kappa shape index (κ3) is 4.19. The summed E-state index contributed by atoms with van der Waals surface area (Å²) in [7, 11) is 0. The molecule has 0 saturated carbocycles. The van der Waals surface area contributed by atoms with Crippen LogP contribution in [0.5, 0.6) is 5.75 Å². The highest BCUT2D eigenvalue weighted by Gasteiger charge is 2.04. The number of carboxylic acids is 1. The Balaban J connectivity index is 2.22. The summed E-state index contributed by atoms with van der Waals surface area (Å²) in [6.45, 7) is 5.84. The number of pyridine rings is 1. The quantitative estimate of drug-likeness (QED) is 0.849. The molecular weight excluding hydrogens is 278 g/mol. The molecule has 1 N–H and O–H groups in total. The number of carboxylic acid groups (broad SMARTS) is 1.